The number of carbonyl (C=O) groups is 2. The van der Waals surface area contributed by atoms with E-state index in [-0.39, 0.29) is 30.7 Å². The zero-order chi connectivity index (χ0) is 25.2. The highest BCUT2D eigenvalue weighted by molar-refractivity contribution is 5.89. The predicted molar refractivity (Wildman–Crippen MR) is 136 cm³/mol. The van der Waals surface area contributed by atoms with Gasteiger partial charge in [0.1, 0.15) is 11.8 Å². The fraction of sp³-hybridized carbons (Fsp3) is 0.414. The molecule has 0 radical (unpaired) electrons. The van der Waals surface area contributed by atoms with Gasteiger partial charge in [-0.15, -0.1) is 0 Å². The van der Waals surface area contributed by atoms with Crippen molar-refractivity contribution in [3.8, 4) is 5.75 Å². The van der Waals surface area contributed by atoms with Crippen molar-refractivity contribution in [2.45, 2.75) is 64.1 Å². The molecule has 5 rings (SSSR count). The smallest absolute Gasteiger partial charge is 0.326 e. The van der Waals surface area contributed by atoms with Crippen LogP contribution in [0.4, 0.5) is 0 Å². The molecule has 2 aromatic carbocycles. The van der Waals surface area contributed by atoms with Gasteiger partial charge < -0.3 is 19.3 Å². The van der Waals surface area contributed by atoms with Gasteiger partial charge in [0.05, 0.1) is 31.6 Å². The Balaban J connectivity index is 1.43. The first-order valence-corrected chi connectivity index (χ1v) is 12.7. The van der Waals surface area contributed by atoms with Gasteiger partial charge in [0.25, 0.3) is 0 Å². The summed E-state index contributed by atoms with van der Waals surface area (Å²) >= 11 is 0. The van der Waals surface area contributed by atoms with Crippen molar-refractivity contribution >= 4 is 11.9 Å². The van der Waals surface area contributed by atoms with Gasteiger partial charge in [0.2, 0.25) is 5.91 Å². The number of fused-ring (bicyclic) bond motifs is 1. The Morgan fingerprint density at radius 3 is 2.56 bits per heavy atom. The van der Waals surface area contributed by atoms with E-state index in [9.17, 15) is 14.7 Å². The number of aromatic nitrogens is 2. The number of aliphatic carboxylic acids is 1. The highest BCUT2D eigenvalue weighted by Gasteiger charge is 2.42. The largest absolute Gasteiger partial charge is 0.496 e. The lowest BCUT2D eigenvalue weighted by molar-refractivity contribution is -0.152. The Hall–Kier alpha value is -3.61. The summed E-state index contributed by atoms with van der Waals surface area (Å²) in [5.74, 6) is -0.304. The highest BCUT2D eigenvalue weighted by atomic mass is 16.5. The van der Waals surface area contributed by atoms with E-state index in [1.165, 1.54) is 0 Å². The first-order valence-electron chi connectivity index (χ1n) is 12.7. The number of imidazole rings is 1. The summed E-state index contributed by atoms with van der Waals surface area (Å²) in [4.78, 5) is 32.6. The SMILES string of the molecule is COc1ccc(Cn2cnc3c2C[C@@H](C(=O)O)N(C(=O)C(c2ccccc2)C2CCCC2)C3)cc1C. The van der Waals surface area contributed by atoms with Crippen LogP contribution in [0, 0.1) is 12.8 Å². The van der Waals surface area contributed by atoms with Gasteiger partial charge in [0, 0.05) is 18.7 Å². The van der Waals surface area contributed by atoms with Crippen LogP contribution in [-0.2, 0) is 29.1 Å². The summed E-state index contributed by atoms with van der Waals surface area (Å²) in [6, 6.07) is 15.0. The first-order chi connectivity index (χ1) is 17.5. The van der Waals surface area contributed by atoms with Crippen LogP contribution in [0.5, 0.6) is 5.75 Å². The molecule has 1 fully saturated rings. The number of carboxylic acids is 1. The Bertz CT molecular complexity index is 1250. The number of hydrogen-bond acceptors (Lipinski definition) is 4. The quantitative estimate of drug-likeness (QED) is 0.528. The van der Waals surface area contributed by atoms with E-state index in [0.717, 1.165) is 59.5 Å². The Morgan fingerprint density at radius 1 is 1.14 bits per heavy atom. The van der Waals surface area contributed by atoms with Crippen LogP contribution in [0.1, 0.15) is 59.7 Å². The van der Waals surface area contributed by atoms with Crippen LogP contribution in [0.3, 0.4) is 0 Å². The number of nitrogens with zero attached hydrogens (tertiary/aromatic N) is 3. The van der Waals surface area contributed by atoms with Crippen LogP contribution in [0.15, 0.2) is 54.9 Å². The van der Waals surface area contributed by atoms with E-state index < -0.39 is 12.0 Å². The summed E-state index contributed by atoms with van der Waals surface area (Å²) in [5, 5.41) is 10.2. The van der Waals surface area contributed by atoms with Crippen molar-refractivity contribution in [3.63, 3.8) is 0 Å². The number of carboxylic acid groups (broad SMARTS) is 1. The molecule has 2 aliphatic rings. The van der Waals surface area contributed by atoms with E-state index in [1.54, 1.807) is 18.3 Å². The van der Waals surface area contributed by atoms with E-state index in [4.69, 9.17) is 4.74 Å². The van der Waals surface area contributed by atoms with Gasteiger partial charge in [-0.3, -0.25) is 4.79 Å². The maximum Gasteiger partial charge on any atom is 0.326 e. The van der Waals surface area contributed by atoms with Crippen LogP contribution in [0.25, 0.3) is 0 Å². The second-order valence-corrected chi connectivity index (χ2v) is 10.0. The molecule has 188 valence electrons. The normalized spacial score (nSPS) is 18.6. The summed E-state index contributed by atoms with van der Waals surface area (Å²) in [6.07, 6.45) is 6.24. The number of hydrogen-bond donors (Lipinski definition) is 1. The zero-order valence-corrected chi connectivity index (χ0v) is 20.9. The minimum atomic E-state index is -0.972. The molecule has 0 saturated heterocycles. The molecule has 1 aliphatic carbocycles. The number of methoxy groups -OCH3 is 1. The van der Waals surface area contributed by atoms with Gasteiger partial charge in [-0.25, -0.2) is 9.78 Å². The third-order valence-corrected chi connectivity index (χ3v) is 7.79. The third kappa shape index (κ3) is 4.62. The van der Waals surface area contributed by atoms with Gasteiger partial charge in [-0.2, -0.15) is 0 Å². The molecule has 1 saturated carbocycles. The molecular formula is C29H33N3O4. The summed E-state index contributed by atoms with van der Waals surface area (Å²) in [5.41, 5.74) is 4.78. The fourth-order valence-corrected chi connectivity index (χ4v) is 5.95. The van der Waals surface area contributed by atoms with Crippen LogP contribution >= 0.6 is 0 Å². The van der Waals surface area contributed by atoms with Crippen molar-refractivity contribution < 1.29 is 19.4 Å². The molecule has 0 spiro atoms. The molecular weight excluding hydrogens is 454 g/mol. The first kappa shape index (κ1) is 24.1. The minimum absolute atomic E-state index is 0.0912. The molecule has 7 heteroatoms. The van der Waals surface area contributed by atoms with Crippen molar-refractivity contribution in [3.05, 3.63) is 82.9 Å². The number of benzene rings is 2. The molecule has 1 aromatic heterocycles. The van der Waals surface area contributed by atoms with Crippen molar-refractivity contribution in [2.75, 3.05) is 7.11 Å². The Kier molecular flexibility index (Phi) is 6.81. The van der Waals surface area contributed by atoms with Crippen molar-refractivity contribution in [1.82, 2.24) is 14.5 Å². The maximum atomic E-state index is 14.0. The second kappa shape index (κ2) is 10.2. The molecule has 3 aromatic rings. The summed E-state index contributed by atoms with van der Waals surface area (Å²) in [7, 11) is 1.66. The number of aryl methyl sites for hydroxylation is 1. The lowest BCUT2D eigenvalue weighted by Gasteiger charge is -2.37. The average molecular weight is 488 g/mol. The summed E-state index contributed by atoms with van der Waals surface area (Å²) in [6.45, 7) is 2.81. The predicted octanol–water partition coefficient (Wildman–Crippen LogP) is 4.56. The van der Waals surface area contributed by atoms with E-state index in [0.29, 0.717) is 6.54 Å². The van der Waals surface area contributed by atoms with Crippen LogP contribution in [-0.4, -0.2) is 44.6 Å². The molecule has 1 aliphatic heterocycles. The molecule has 7 nitrogen and oxygen atoms in total. The van der Waals surface area contributed by atoms with E-state index in [2.05, 4.69) is 11.1 Å². The lowest BCUT2D eigenvalue weighted by atomic mass is 9.83. The van der Waals surface area contributed by atoms with E-state index >= 15 is 0 Å². The van der Waals surface area contributed by atoms with Gasteiger partial charge >= 0.3 is 5.97 Å². The van der Waals surface area contributed by atoms with Gasteiger partial charge in [-0.05, 0) is 48.4 Å². The van der Waals surface area contributed by atoms with Crippen LogP contribution < -0.4 is 4.74 Å². The molecule has 1 N–H and O–H groups in total. The molecule has 1 amide bonds. The minimum Gasteiger partial charge on any atom is -0.496 e. The van der Waals surface area contributed by atoms with E-state index in [1.807, 2.05) is 54.0 Å². The number of ether oxygens (including phenoxy) is 1. The van der Waals surface area contributed by atoms with Crippen LogP contribution in [0.2, 0.25) is 0 Å². The average Bonchev–Trinajstić information content (AvgIpc) is 3.54. The zero-order valence-electron chi connectivity index (χ0n) is 20.9. The highest BCUT2D eigenvalue weighted by Crippen LogP contribution is 2.40. The number of amides is 1. The summed E-state index contributed by atoms with van der Waals surface area (Å²) < 4.78 is 7.38. The maximum absolute atomic E-state index is 14.0. The number of carbonyl (C=O) groups excluding carboxylic acids is 1. The number of rotatable bonds is 7. The monoisotopic (exact) mass is 487 g/mol. The molecule has 2 heterocycles. The topological polar surface area (TPSA) is 84.7 Å². The molecule has 2 atom stereocenters. The lowest BCUT2D eigenvalue weighted by Crippen LogP contribution is -2.51. The van der Waals surface area contributed by atoms with Crippen molar-refractivity contribution in [1.29, 1.82) is 0 Å². The van der Waals surface area contributed by atoms with Crippen molar-refractivity contribution in [2.24, 2.45) is 5.92 Å². The third-order valence-electron chi connectivity index (χ3n) is 7.79. The standard InChI is InChI=1S/C29H33N3O4/c1-19-14-20(12-13-26(19)36-2)16-31-18-30-23-17-32(25(29(34)35)15-24(23)31)28(33)27(22-10-6-7-11-22)21-8-4-3-5-9-21/h3-5,8-9,12-14,18,22,25,27H,6-7,10-11,15-17H2,1-2H3,(H,34,35)/t25-,27?/m0/s1. The molecule has 36 heavy (non-hydrogen) atoms. The van der Waals surface area contributed by atoms with Gasteiger partial charge in [-0.1, -0.05) is 55.3 Å². The Morgan fingerprint density at radius 2 is 1.89 bits per heavy atom. The molecule has 1 unspecified atom stereocenters. The molecule has 0 bridgehead atoms. The fourth-order valence-electron chi connectivity index (χ4n) is 5.95. The Labute approximate surface area is 211 Å². The van der Waals surface area contributed by atoms with Gasteiger partial charge in [0.15, 0.2) is 0 Å². The second-order valence-electron chi connectivity index (χ2n) is 10.0.